The van der Waals surface area contributed by atoms with Gasteiger partial charge < -0.3 is 10.3 Å². The quantitative estimate of drug-likeness (QED) is 0.846. The Morgan fingerprint density at radius 1 is 1.19 bits per heavy atom. The fraction of sp³-hybridized carbons (Fsp3) is 0.500. The van der Waals surface area contributed by atoms with Gasteiger partial charge in [-0.25, -0.2) is 4.98 Å². The molecule has 3 nitrogen and oxygen atoms in total. The number of nitrogens with zero attached hydrogens (tertiary/aromatic N) is 2. The van der Waals surface area contributed by atoms with Gasteiger partial charge >= 0.3 is 0 Å². The first kappa shape index (κ1) is 14.2. The Kier molecular flexibility index (Phi) is 3.31. The molecule has 21 heavy (non-hydrogen) atoms. The van der Waals surface area contributed by atoms with E-state index < -0.39 is 0 Å². The number of nitrogen functional groups attached to an aromatic ring is 1. The lowest BCUT2D eigenvalue weighted by molar-refractivity contribution is 0.430. The second kappa shape index (κ2) is 4.90. The summed E-state index contributed by atoms with van der Waals surface area (Å²) in [5.41, 5.74) is 9.94. The van der Waals surface area contributed by atoms with Gasteiger partial charge in [0.2, 0.25) is 0 Å². The summed E-state index contributed by atoms with van der Waals surface area (Å²) < 4.78 is 2.22. The number of rotatable bonds is 1. The number of hydrogen-bond acceptors (Lipinski definition) is 2. The molecule has 1 aromatic carbocycles. The molecule has 0 saturated carbocycles. The highest BCUT2D eigenvalue weighted by molar-refractivity contribution is 5.71. The normalized spacial score (nSPS) is 18.6. The van der Waals surface area contributed by atoms with Gasteiger partial charge in [0.05, 0.1) is 0 Å². The Hall–Kier alpha value is -1.77. The number of fused-ring (bicyclic) bond motifs is 1. The Bertz CT molecular complexity index is 644. The van der Waals surface area contributed by atoms with Crippen LogP contribution < -0.4 is 5.73 Å². The number of nitrogens with two attached hydrogens (primary N) is 1. The van der Waals surface area contributed by atoms with Crippen LogP contribution in [0.15, 0.2) is 24.3 Å². The van der Waals surface area contributed by atoms with Crippen molar-refractivity contribution in [3.63, 3.8) is 0 Å². The highest BCUT2D eigenvalue weighted by Crippen LogP contribution is 2.34. The monoisotopic (exact) mass is 283 g/mol. The molecule has 3 heteroatoms. The molecule has 2 aromatic rings. The maximum Gasteiger partial charge on any atom is 0.131 e. The van der Waals surface area contributed by atoms with Crippen molar-refractivity contribution < 1.29 is 0 Å². The molecule has 0 spiro atoms. The molecule has 0 saturated heterocycles. The predicted molar refractivity (Wildman–Crippen MR) is 88.4 cm³/mol. The minimum atomic E-state index is 0.173. The SMILES string of the molecule is CC1CCCc2nc(-c3ccc(C(C)(C)C)cc3)c(N)n21. The summed E-state index contributed by atoms with van der Waals surface area (Å²) in [6.45, 7) is 8.92. The first-order valence-corrected chi connectivity index (χ1v) is 7.85. The average molecular weight is 283 g/mol. The molecule has 1 aliphatic heterocycles. The highest BCUT2D eigenvalue weighted by Gasteiger charge is 2.23. The standard InChI is InChI=1S/C18H25N3/c1-12-6-5-7-15-20-16(17(19)21(12)15)13-8-10-14(11-9-13)18(2,3)4/h8-12H,5-7,19H2,1-4H3. The minimum Gasteiger partial charge on any atom is -0.383 e. The lowest BCUT2D eigenvalue weighted by atomic mass is 9.86. The van der Waals surface area contributed by atoms with Crippen LogP contribution in [0.3, 0.4) is 0 Å². The Morgan fingerprint density at radius 2 is 1.86 bits per heavy atom. The summed E-state index contributed by atoms with van der Waals surface area (Å²) in [7, 11) is 0. The lowest BCUT2D eigenvalue weighted by Crippen LogP contribution is -2.16. The van der Waals surface area contributed by atoms with Crippen LogP contribution >= 0.6 is 0 Å². The largest absolute Gasteiger partial charge is 0.383 e. The highest BCUT2D eigenvalue weighted by atomic mass is 15.2. The van der Waals surface area contributed by atoms with Gasteiger partial charge in [0.25, 0.3) is 0 Å². The molecule has 2 N–H and O–H groups in total. The maximum atomic E-state index is 6.37. The maximum absolute atomic E-state index is 6.37. The Balaban J connectivity index is 2.02. The van der Waals surface area contributed by atoms with Crippen LogP contribution in [0.5, 0.6) is 0 Å². The third-order valence-corrected chi connectivity index (χ3v) is 4.51. The number of benzene rings is 1. The Labute approximate surface area is 127 Å². The van der Waals surface area contributed by atoms with Crippen LogP contribution in [0, 0.1) is 0 Å². The van der Waals surface area contributed by atoms with Crippen LogP contribution in [-0.2, 0) is 11.8 Å². The first-order chi connectivity index (χ1) is 9.88. The van der Waals surface area contributed by atoms with Gasteiger partial charge in [-0.3, -0.25) is 0 Å². The van der Waals surface area contributed by atoms with Crippen molar-refractivity contribution in [2.75, 3.05) is 5.73 Å². The summed E-state index contributed by atoms with van der Waals surface area (Å²) in [5, 5.41) is 0. The van der Waals surface area contributed by atoms with Crippen molar-refractivity contribution in [1.82, 2.24) is 9.55 Å². The number of hydrogen-bond donors (Lipinski definition) is 1. The van der Waals surface area contributed by atoms with E-state index in [-0.39, 0.29) is 5.41 Å². The van der Waals surface area contributed by atoms with Crippen molar-refractivity contribution in [3.05, 3.63) is 35.7 Å². The van der Waals surface area contributed by atoms with E-state index >= 15 is 0 Å². The van der Waals surface area contributed by atoms with E-state index in [1.165, 1.54) is 18.4 Å². The molecule has 1 unspecified atom stereocenters. The third-order valence-electron chi connectivity index (χ3n) is 4.51. The zero-order valence-corrected chi connectivity index (χ0v) is 13.5. The van der Waals surface area contributed by atoms with Crippen LogP contribution in [0.4, 0.5) is 5.82 Å². The summed E-state index contributed by atoms with van der Waals surface area (Å²) in [6.07, 6.45) is 3.44. The van der Waals surface area contributed by atoms with Crippen molar-refractivity contribution in [3.8, 4) is 11.3 Å². The van der Waals surface area contributed by atoms with E-state index in [1.54, 1.807) is 0 Å². The van der Waals surface area contributed by atoms with E-state index in [9.17, 15) is 0 Å². The van der Waals surface area contributed by atoms with Gasteiger partial charge in [0.1, 0.15) is 17.3 Å². The smallest absolute Gasteiger partial charge is 0.131 e. The number of anilines is 1. The molecule has 0 radical (unpaired) electrons. The lowest BCUT2D eigenvalue weighted by Gasteiger charge is -2.22. The van der Waals surface area contributed by atoms with Gasteiger partial charge in [-0.2, -0.15) is 0 Å². The number of aryl methyl sites for hydroxylation is 1. The van der Waals surface area contributed by atoms with Crippen LogP contribution in [-0.4, -0.2) is 9.55 Å². The van der Waals surface area contributed by atoms with E-state index in [2.05, 4.69) is 56.5 Å². The number of aromatic nitrogens is 2. The minimum absolute atomic E-state index is 0.173. The topological polar surface area (TPSA) is 43.8 Å². The fourth-order valence-electron chi connectivity index (χ4n) is 3.19. The Morgan fingerprint density at radius 3 is 2.43 bits per heavy atom. The molecule has 0 amide bonds. The molecule has 2 heterocycles. The molecular weight excluding hydrogens is 258 g/mol. The predicted octanol–water partition coefficient (Wildman–Crippen LogP) is 4.33. The molecule has 1 aliphatic rings. The van der Waals surface area contributed by atoms with E-state index in [0.717, 1.165) is 29.3 Å². The number of imidazole rings is 1. The summed E-state index contributed by atoms with van der Waals surface area (Å²) >= 11 is 0. The van der Waals surface area contributed by atoms with Gasteiger partial charge in [0, 0.05) is 18.0 Å². The second-order valence-corrected chi connectivity index (χ2v) is 7.20. The van der Waals surface area contributed by atoms with Crippen molar-refractivity contribution in [1.29, 1.82) is 0 Å². The molecule has 3 rings (SSSR count). The molecule has 1 aromatic heterocycles. The average Bonchev–Trinajstić information content (AvgIpc) is 2.77. The molecule has 1 atom stereocenters. The summed E-state index contributed by atoms with van der Waals surface area (Å²) in [4.78, 5) is 4.80. The van der Waals surface area contributed by atoms with Crippen LogP contribution in [0.1, 0.15) is 58.0 Å². The molecule has 0 fully saturated rings. The van der Waals surface area contributed by atoms with Gasteiger partial charge in [0.15, 0.2) is 0 Å². The zero-order chi connectivity index (χ0) is 15.2. The summed E-state index contributed by atoms with van der Waals surface area (Å²) in [5.74, 6) is 1.96. The second-order valence-electron chi connectivity index (χ2n) is 7.20. The van der Waals surface area contributed by atoms with Crippen LogP contribution in [0.25, 0.3) is 11.3 Å². The third kappa shape index (κ3) is 2.45. The molecule has 0 aliphatic carbocycles. The van der Waals surface area contributed by atoms with E-state index in [0.29, 0.717) is 6.04 Å². The molecule has 0 bridgehead atoms. The molecule has 112 valence electrons. The van der Waals surface area contributed by atoms with E-state index in [4.69, 9.17) is 10.7 Å². The van der Waals surface area contributed by atoms with Crippen molar-refractivity contribution in [2.45, 2.75) is 58.4 Å². The zero-order valence-electron chi connectivity index (χ0n) is 13.5. The fourth-order valence-corrected chi connectivity index (χ4v) is 3.19. The first-order valence-electron chi connectivity index (χ1n) is 7.85. The summed E-state index contributed by atoms with van der Waals surface area (Å²) in [6, 6.07) is 9.14. The van der Waals surface area contributed by atoms with Gasteiger partial charge in [-0.05, 0) is 30.7 Å². The van der Waals surface area contributed by atoms with E-state index in [1.807, 2.05) is 0 Å². The van der Waals surface area contributed by atoms with Crippen molar-refractivity contribution in [2.24, 2.45) is 0 Å². The van der Waals surface area contributed by atoms with Crippen molar-refractivity contribution >= 4 is 5.82 Å². The molecular formula is C18H25N3. The van der Waals surface area contributed by atoms with Gasteiger partial charge in [-0.15, -0.1) is 0 Å². The van der Waals surface area contributed by atoms with Gasteiger partial charge in [-0.1, -0.05) is 45.0 Å². The van der Waals surface area contributed by atoms with Crippen LogP contribution in [0.2, 0.25) is 0 Å².